The van der Waals surface area contributed by atoms with Crippen molar-refractivity contribution < 1.29 is 0 Å². The van der Waals surface area contributed by atoms with Crippen LogP contribution in [0.2, 0.25) is 0 Å². The summed E-state index contributed by atoms with van der Waals surface area (Å²) in [6.45, 7) is 8.32. The Hall–Kier alpha value is -1.04. The first-order chi connectivity index (χ1) is 7.30. The van der Waals surface area contributed by atoms with Crippen molar-refractivity contribution in [2.45, 2.75) is 46.0 Å². The minimum atomic E-state index is 1.18. The molecule has 0 atom stereocenters. The van der Waals surface area contributed by atoms with Crippen molar-refractivity contribution in [2.75, 3.05) is 0 Å². The van der Waals surface area contributed by atoms with E-state index in [4.69, 9.17) is 0 Å². The van der Waals surface area contributed by atoms with E-state index in [1.54, 1.807) is 0 Å². The maximum Gasteiger partial charge on any atom is -0.0257 e. The average molecular weight is 202 g/mol. The van der Waals surface area contributed by atoms with Gasteiger partial charge in [-0.3, -0.25) is 0 Å². The van der Waals surface area contributed by atoms with Gasteiger partial charge >= 0.3 is 0 Å². The lowest BCUT2D eigenvalue weighted by molar-refractivity contribution is 0.792. The fourth-order valence-electron chi connectivity index (χ4n) is 1.87. The van der Waals surface area contributed by atoms with Gasteiger partial charge in [-0.2, -0.15) is 0 Å². The molecular weight excluding hydrogens is 180 g/mol. The largest absolute Gasteiger partial charge is 0.0985 e. The number of aryl methyl sites for hydroxylation is 2. The summed E-state index contributed by atoms with van der Waals surface area (Å²) in [7, 11) is 0. The summed E-state index contributed by atoms with van der Waals surface area (Å²) >= 11 is 0. The van der Waals surface area contributed by atoms with Crippen molar-refractivity contribution in [3.63, 3.8) is 0 Å². The Kier molecular flexibility index (Phi) is 5.17. The first kappa shape index (κ1) is 12.0. The number of unbranched alkanes of at least 4 members (excludes halogenated alkanes) is 1. The minimum absolute atomic E-state index is 1.18. The second-order valence-electron chi connectivity index (χ2n) is 4.14. The summed E-state index contributed by atoms with van der Waals surface area (Å²) in [5, 5.41) is 0. The molecule has 0 nitrogen and oxygen atoms in total. The van der Waals surface area contributed by atoms with Crippen LogP contribution in [0.15, 0.2) is 24.8 Å². The molecule has 0 saturated carbocycles. The van der Waals surface area contributed by atoms with Gasteiger partial charge in [-0.05, 0) is 36.0 Å². The second kappa shape index (κ2) is 6.44. The number of benzene rings is 1. The van der Waals surface area contributed by atoms with Crippen LogP contribution in [0.5, 0.6) is 0 Å². The van der Waals surface area contributed by atoms with Crippen LogP contribution < -0.4 is 0 Å². The van der Waals surface area contributed by atoms with E-state index in [2.05, 4.69) is 38.6 Å². The summed E-state index contributed by atoms with van der Waals surface area (Å²) in [5.41, 5.74) is 4.20. The topological polar surface area (TPSA) is 0 Å². The molecule has 0 radical (unpaired) electrons. The van der Waals surface area contributed by atoms with Gasteiger partial charge in [0.05, 0.1) is 0 Å². The molecule has 0 fully saturated rings. The quantitative estimate of drug-likeness (QED) is 0.631. The second-order valence-corrected chi connectivity index (χ2v) is 4.14. The van der Waals surface area contributed by atoms with Gasteiger partial charge in [0.15, 0.2) is 0 Å². The van der Waals surface area contributed by atoms with Crippen LogP contribution in [0, 0.1) is 0 Å². The fraction of sp³-hybridized carbons (Fsp3) is 0.467. The van der Waals surface area contributed by atoms with Crippen LogP contribution in [-0.4, -0.2) is 0 Å². The molecule has 0 aromatic heterocycles. The molecule has 82 valence electrons. The summed E-state index contributed by atoms with van der Waals surface area (Å²) in [6.07, 6.45) is 8.10. The molecular formula is C15H22. The number of hydrogen-bond acceptors (Lipinski definition) is 0. The van der Waals surface area contributed by atoms with Gasteiger partial charge in [-0.25, -0.2) is 0 Å². The molecule has 0 bridgehead atoms. The molecule has 0 amide bonds. The van der Waals surface area contributed by atoms with Crippen LogP contribution in [-0.2, 0) is 12.8 Å². The molecule has 1 aromatic rings. The fourth-order valence-corrected chi connectivity index (χ4v) is 1.87. The van der Waals surface area contributed by atoms with Gasteiger partial charge in [0.2, 0.25) is 0 Å². The van der Waals surface area contributed by atoms with Crippen molar-refractivity contribution in [3.05, 3.63) is 41.5 Å². The van der Waals surface area contributed by atoms with Crippen LogP contribution in [0.4, 0.5) is 0 Å². The third-order valence-corrected chi connectivity index (χ3v) is 2.67. The maximum atomic E-state index is 3.85. The first-order valence-corrected chi connectivity index (χ1v) is 6.05. The Morgan fingerprint density at radius 3 is 2.20 bits per heavy atom. The predicted octanol–water partition coefficient (Wildman–Crippen LogP) is 4.62. The molecule has 0 unspecified atom stereocenters. The molecule has 0 N–H and O–H groups in total. The third-order valence-electron chi connectivity index (χ3n) is 2.67. The van der Waals surface area contributed by atoms with Gasteiger partial charge in [0.1, 0.15) is 0 Å². The summed E-state index contributed by atoms with van der Waals surface area (Å²) in [6, 6.07) is 6.87. The standard InChI is InChI=1S/C15H22/c1-4-7-9-15-11-13(6-3)10-14(12-15)8-5-2/h6,10-12H,3-5,7-9H2,1-2H3. The number of rotatable bonds is 6. The summed E-state index contributed by atoms with van der Waals surface area (Å²) in [5.74, 6) is 0. The smallest absolute Gasteiger partial charge is 0.0257 e. The highest BCUT2D eigenvalue weighted by Gasteiger charge is 1.98. The molecule has 0 aliphatic rings. The average Bonchev–Trinajstić information content (AvgIpc) is 2.26. The Labute approximate surface area is 94.0 Å². The van der Waals surface area contributed by atoms with Gasteiger partial charge < -0.3 is 0 Å². The normalized spacial score (nSPS) is 10.3. The van der Waals surface area contributed by atoms with Crippen molar-refractivity contribution in [2.24, 2.45) is 0 Å². The van der Waals surface area contributed by atoms with Gasteiger partial charge in [0, 0.05) is 0 Å². The van der Waals surface area contributed by atoms with Crippen LogP contribution in [0.3, 0.4) is 0 Å². The highest BCUT2D eigenvalue weighted by molar-refractivity contribution is 5.50. The molecule has 0 heteroatoms. The Balaban J connectivity index is 2.84. The van der Waals surface area contributed by atoms with E-state index in [1.165, 1.54) is 48.8 Å². The Bertz CT molecular complexity index is 310. The molecule has 0 heterocycles. The summed E-state index contributed by atoms with van der Waals surface area (Å²) in [4.78, 5) is 0. The van der Waals surface area contributed by atoms with Crippen molar-refractivity contribution in [1.29, 1.82) is 0 Å². The lowest BCUT2D eigenvalue weighted by atomic mass is 9.99. The van der Waals surface area contributed by atoms with Gasteiger partial charge in [-0.15, -0.1) is 0 Å². The van der Waals surface area contributed by atoms with E-state index in [-0.39, 0.29) is 0 Å². The predicted molar refractivity (Wildman–Crippen MR) is 69.1 cm³/mol. The summed E-state index contributed by atoms with van der Waals surface area (Å²) < 4.78 is 0. The van der Waals surface area contributed by atoms with Crippen molar-refractivity contribution in [1.82, 2.24) is 0 Å². The van der Waals surface area contributed by atoms with Gasteiger partial charge in [-0.1, -0.05) is 57.5 Å². The van der Waals surface area contributed by atoms with Gasteiger partial charge in [0.25, 0.3) is 0 Å². The molecule has 15 heavy (non-hydrogen) atoms. The van der Waals surface area contributed by atoms with Crippen molar-refractivity contribution >= 4 is 6.08 Å². The maximum absolute atomic E-state index is 3.85. The van der Waals surface area contributed by atoms with E-state index in [0.29, 0.717) is 0 Å². The zero-order valence-corrected chi connectivity index (χ0v) is 10.1. The zero-order valence-electron chi connectivity index (χ0n) is 10.1. The van der Waals surface area contributed by atoms with E-state index < -0.39 is 0 Å². The highest BCUT2D eigenvalue weighted by atomic mass is 14.0. The van der Waals surface area contributed by atoms with E-state index >= 15 is 0 Å². The first-order valence-electron chi connectivity index (χ1n) is 6.05. The Morgan fingerprint density at radius 1 is 1.00 bits per heavy atom. The van der Waals surface area contributed by atoms with Crippen molar-refractivity contribution in [3.8, 4) is 0 Å². The SMILES string of the molecule is C=Cc1cc(CCC)cc(CCCC)c1. The lowest BCUT2D eigenvalue weighted by Crippen LogP contribution is -1.91. The molecule has 0 saturated heterocycles. The van der Waals surface area contributed by atoms with Crippen LogP contribution in [0.25, 0.3) is 6.08 Å². The minimum Gasteiger partial charge on any atom is -0.0985 e. The molecule has 1 aromatic carbocycles. The van der Waals surface area contributed by atoms with E-state index in [0.717, 1.165) is 0 Å². The third kappa shape index (κ3) is 3.91. The molecule has 1 rings (SSSR count). The molecule has 0 aliphatic carbocycles. The monoisotopic (exact) mass is 202 g/mol. The van der Waals surface area contributed by atoms with Crippen LogP contribution in [0.1, 0.15) is 49.8 Å². The van der Waals surface area contributed by atoms with Crippen LogP contribution >= 0.6 is 0 Å². The Morgan fingerprint density at radius 2 is 1.67 bits per heavy atom. The molecule has 0 spiro atoms. The van der Waals surface area contributed by atoms with E-state index in [1.807, 2.05) is 6.08 Å². The van der Waals surface area contributed by atoms with E-state index in [9.17, 15) is 0 Å². The molecule has 0 aliphatic heterocycles. The highest BCUT2D eigenvalue weighted by Crippen LogP contribution is 2.15. The number of hydrogen-bond donors (Lipinski definition) is 0. The zero-order chi connectivity index (χ0) is 11.1. The lowest BCUT2D eigenvalue weighted by Gasteiger charge is -2.06.